The molecule has 0 unspecified atom stereocenters. The smallest absolute Gasteiger partial charge is 0.326 e. The third kappa shape index (κ3) is 14.0. The average molecular weight is 707 g/mol. The molecule has 4 amide bonds. The molecule has 1 aromatic heterocycles. The van der Waals surface area contributed by atoms with Gasteiger partial charge in [0.2, 0.25) is 23.6 Å². The topological polar surface area (TPSA) is 272 Å². The van der Waals surface area contributed by atoms with Gasteiger partial charge in [-0.05, 0) is 43.4 Å². The molecule has 11 N–H and O–H groups in total. The number of nitrogens with zero attached hydrogens (tertiary/aromatic N) is 1. The molecule has 51 heavy (non-hydrogen) atoms. The van der Waals surface area contributed by atoms with Crippen molar-refractivity contribution in [2.75, 3.05) is 6.54 Å². The maximum Gasteiger partial charge on any atom is 0.326 e. The van der Waals surface area contributed by atoms with E-state index >= 15 is 0 Å². The number of amides is 4. The Morgan fingerprint density at radius 3 is 1.71 bits per heavy atom. The second kappa shape index (κ2) is 20.8. The lowest BCUT2D eigenvalue weighted by molar-refractivity contribution is -0.142. The molecule has 0 saturated carbocycles. The van der Waals surface area contributed by atoms with Crippen molar-refractivity contribution in [1.29, 1.82) is 0 Å². The fourth-order valence-electron chi connectivity index (χ4n) is 5.20. The molecular weight excluding hydrogens is 660 g/mol. The van der Waals surface area contributed by atoms with E-state index in [1.165, 1.54) is 12.5 Å². The van der Waals surface area contributed by atoms with E-state index in [2.05, 4.69) is 31.2 Å². The van der Waals surface area contributed by atoms with Crippen molar-refractivity contribution in [3.63, 3.8) is 0 Å². The first-order valence-corrected chi connectivity index (χ1v) is 16.6. The first-order valence-electron chi connectivity index (χ1n) is 16.6. The molecule has 0 spiro atoms. The number of rotatable bonds is 22. The molecule has 3 aromatic rings. The second-order valence-corrected chi connectivity index (χ2v) is 12.1. The second-order valence-electron chi connectivity index (χ2n) is 12.1. The summed E-state index contributed by atoms with van der Waals surface area (Å²) in [5.41, 5.74) is 13.4. The van der Waals surface area contributed by atoms with Crippen LogP contribution in [0.1, 0.15) is 48.9 Å². The van der Waals surface area contributed by atoms with E-state index in [9.17, 15) is 33.9 Å². The van der Waals surface area contributed by atoms with Crippen molar-refractivity contribution < 1.29 is 39.0 Å². The Bertz CT molecular complexity index is 1570. The van der Waals surface area contributed by atoms with Crippen LogP contribution in [0, 0.1) is 0 Å². The molecule has 16 heteroatoms. The van der Waals surface area contributed by atoms with Gasteiger partial charge in [-0.1, -0.05) is 60.7 Å². The summed E-state index contributed by atoms with van der Waals surface area (Å²) < 4.78 is 0. The van der Waals surface area contributed by atoms with E-state index < -0.39 is 65.8 Å². The minimum absolute atomic E-state index is 0.00413. The Balaban J connectivity index is 1.84. The number of nitrogens with two attached hydrogens (primary N) is 2. The maximum absolute atomic E-state index is 13.9. The van der Waals surface area contributed by atoms with E-state index in [0.717, 1.165) is 0 Å². The van der Waals surface area contributed by atoms with Crippen LogP contribution in [0.2, 0.25) is 0 Å². The zero-order valence-electron chi connectivity index (χ0n) is 28.1. The molecule has 274 valence electrons. The quantitative estimate of drug-likeness (QED) is 0.0617. The molecule has 16 nitrogen and oxygen atoms in total. The largest absolute Gasteiger partial charge is 0.481 e. The lowest BCUT2D eigenvalue weighted by Gasteiger charge is -2.26. The Morgan fingerprint density at radius 2 is 1.18 bits per heavy atom. The van der Waals surface area contributed by atoms with Gasteiger partial charge in [0, 0.05) is 37.6 Å². The number of aliphatic carboxylic acids is 2. The molecule has 0 aliphatic heterocycles. The summed E-state index contributed by atoms with van der Waals surface area (Å²) in [5, 5.41) is 29.3. The molecule has 0 aliphatic rings. The van der Waals surface area contributed by atoms with Crippen molar-refractivity contribution in [2.45, 2.75) is 81.6 Å². The van der Waals surface area contributed by atoms with Crippen LogP contribution in [0.3, 0.4) is 0 Å². The molecule has 5 atom stereocenters. The van der Waals surface area contributed by atoms with Crippen molar-refractivity contribution in [2.24, 2.45) is 11.5 Å². The van der Waals surface area contributed by atoms with Gasteiger partial charge < -0.3 is 47.9 Å². The minimum Gasteiger partial charge on any atom is -0.481 e. The monoisotopic (exact) mass is 706 g/mol. The molecule has 2 aromatic carbocycles. The number of hydrogen-bond acceptors (Lipinski definition) is 9. The number of benzene rings is 2. The van der Waals surface area contributed by atoms with Crippen LogP contribution in [-0.2, 0) is 48.0 Å². The van der Waals surface area contributed by atoms with E-state index in [1.54, 1.807) is 60.7 Å². The van der Waals surface area contributed by atoms with Gasteiger partial charge in [-0.15, -0.1) is 0 Å². The lowest BCUT2D eigenvalue weighted by atomic mass is 10.0. The number of aromatic nitrogens is 2. The lowest BCUT2D eigenvalue weighted by Crippen LogP contribution is -2.59. The van der Waals surface area contributed by atoms with Crippen LogP contribution in [0.5, 0.6) is 0 Å². The molecule has 0 fully saturated rings. The highest BCUT2D eigenvalue weighted by molar-refractivity contribution is 5.95. The van der Waals surface area contributed by atoms with Crippen molar-refractivity contribution in [3.8, 4) is 0 Å². The predicted octanol–water partition coefficient (Wildman–Crippen LogP) is -0.217. The molecule has 0 saturated heterocycles. The summed E-state index contributed by atoms with van der Waals surface area (Å²) in [7, 11) is 0. The highest BCUT2D eigenvalue weighted by Gasteiger charge is 2.32. The van der Waals surface area contributed by atoms with E-state index in [4.69, 9.17) is 16.6 Å². The van der Waals surface area contributed by atoms with Crippen LogP contribution >= 0.6 is 0 Å². The van der Waals surface area contributed by atoms with Gasteiger partial charge in [0.05, 0.1) is 12.4 Å². The zero-order valence-corrected chi connectivity index (χ0v) is 28.1. The summed E-state index contributed by atoms with van der Waals surface area (Å²) >= 11 is 0. The third-order valence-electron chi connectivity index (χ3n) is 8.01. The van der Waals surface area contributed by atoms with Crippen molar-refractivity contribution in [3.05, 3.63) is 90.0 Å². The fraction of sp³-hybridized carbons (Fsp3) is 0.400. The first-order chi connectivity index (χ1) is 24.5. The number of unbranched alkanes of at least 4 members (excludes halogenated alkanes) is 1. The van der Waals surface area contributed by atoms with Gasteiger partial charge in [0.25, 0.3) is 0 Å². The molecule has 0 bridgehead atoms. The van der Waals surface area contributed by atoms with Crippen molar-refractivity contribution in [1.82, 2.24) is 31.2 Å². The summed E-state index contributed by atoms with van der Waals surface area (Å²) in [6.07, 6.45) is 3.41. The number of hydrogen-bond donors (Lipinski definition) is 9. The highest BCUT2D eigenvalue weighted by atomic mass is 16.4. The number of carboxylic acids is 2. The molecular formula is C35H46N8O8. The molecule has 0 radical (unpaired) electrons. The van der Waals surface area contributed by atoms with Gasteiger partial charge in [-0.2, -0.15) is 0 Å². The third-order valence-corrected chi connectivity index (χ3v) is 8.01. The molecule has 1 heterocycles. The summed E-state index contributed by atoms with van der Waals surface area (Å²) in [5.74, 6) is -5.34. The summed E-state index contributed by atoms with van der Waals surface area (Å²) in [6.45, 7) is 0.337. The SMILES string of the molecule is NCCCC[C@@H](NC(=O)[C@H](Cc1ccccc1)NC(=O)[C@H](Cc1cnc[nH]1)NC(=O)[C@@H](N)CCC(=O)O)C(=O)N[C@@H](Cc1ccccc1)C(=O)O. The number of carboxylic acid groups (broad SMARTS) is 2. The number of carbonyl (C=O) groups excluding carboxylic acids is 4. The van der Waals surface area contributed by atoms with Crippen LogP contribution in [-0.4, -0.2) is 92.5 Å². The number of nitrogens with one attached hydrogen (secondary N) is 5. The van der Waals surface area contributed by atoms with Crippen LogP contribution in [0.15, 0.2) is 73.2 Å². The van der Waals surface area contributed by atoms with Gasteiger partial charge >= 0.3 is 11.9 Å². The Hall–Kier alpha value is -5.61. The van der Waals surface area contributed by atoms with Crippen molar-refractivity contribution >= 4 is 35.6 Å². The number of aromatic amines is 1. The van der Waals surface area contributed by atoms with Gasteiger partial charge in [-0.3, -0.25) is 24.0 Å². The number of imidazole rings is 1. The Labute approximate surface area is 295 Å². The number of H-pyrrole nitrogens is 1. The average Bonchev–Trinajstić information content (AvgIpc) is 3.63. The minimum atomic E-state index is -1.28. The van der Waals surface area contributed by atoms with E-state index in [1.807, 2.05) is 0 Å². The normalized spacial score (nSPS) is 13.8. The van der Waals surface area contributed by atoms with Gasteiger partial charge in [0.1, 0.15) is 24.2 Å². The molecule has 3 rings (SSSR count). The van der Waals surface area contributed by atoms with Crippen LogP contribution < -0.4 is 32.7 Å². The Kier molecular flexibility index (Phi) is 16.2. The van der Waals surface area contributed by atoms with Crippen LogP contribution in [0.25, 0.3) is 0 Å². The highest BCUT2D eigenvalue weighted by Crippen LogP contribution is 2.10. The zero-order chi connectivity index (χ0) is 37.2. The first kappa shape index (κ1) is 39.8. The standard InChI is InChI=1S/C35H46N8O8/c36-16-8-7-13-26(32(47)43-29(35(50)51)18-23-11-5-2-6-12-23)40-33(48)27(17-22-9-3-1-4-10-22)42-34(49)28(19-24-20-38-21-39-24)41-31(46)25(37)14-15-30(44)45/h1-6,9-12,20-21,25-29H,7-8,13-19,36-37H2,(H,38,39)(H,40,48)(H,41,46)(H,42,49)(H,43,47)(H,44,45)(H,50,51)/t25-,26+,27-,28-,29-/m0/s1. The maximum atomic E-state index is 13.9. The van der Waals surface area contributed by atoms with E-state index in [0.29, 0.717) is 36.2 Å². The predicted molar refractivity (Wildman–Crippen MR) is 186 cm³/mol. The number of carbonyl (C=O) groups is 6. The summed E-state index contributed by atoms with van der Waals surface area (Å²) in [4.78, 5) is 84.1. The fourth-order valence-corrected chi connectivity index (χ4v) is 5.20. The molecule has 0 aliphatic carbocycles. The van der Waals surface area contributed by atoms with Crippen LogP contribution in [0.4, 0.5) is 0 Å². The Morgan fingerprint density at radius 1 is 0.667 bits per heavy atom. The van der Waals surface area contributed by atoms with Gasteiger partial charge in [-0.25, -0.2) is 9.78 Å². The van der Waals surface area contributed by atoms with E-state index in [-0.39, 0.29) is 38.5 Å². The summed E-state index contributed by atoms with van der Waals surface area (Å²) in [6, 6.07) is 11.4. The van der Waals surface area contributed by atoms with Gasteiger partial charge in [0.15, 0.2) is 0 Å².